The van der Waals surface area contributed by atoms with E-state index in [1.165, 1.54) is 38.2 Å². The zero-order valence-electron chi connectivity index (χ0n) is 14.8. The largest absolute Gasteiger partial charge is 0.273 e. The summed E-state index contributed by atoms with van der Waals surface area (Å²) >= 11 is 0. The summed E-state index contributed by atoms with van der Waals surface area (Å²) in [6, 6.07) is 4.33. The SMILES string of the molecule is C[C@@H]1CS(=O)(=O)N(c2ccc(S(=O)(=O)N(C)[C@H]3CCS(=O)(=O)C3)cc2)C1=O. The molecule has 2 heterocycles. The lowest BCUT2D eigenvalue weighted by atomic mass is 10.2. The number of benzene rings is 1. The zero-order chi connectivity index (χ0) is 20.2. The van der Waals surface area contributed by atoms with Gasteiger partial charge < -0.3 is 0 Å². The third-order valence-electron chi connectivity index (χ3n) is 4.83. The normalized spacial score (nSPS) is 27.4. The van der Waals surface area contributed by atoms with Gasteiger partial charge in [-0.25, -0.2) is 29.6 Å². The molecule has 1 amide bonds. The fourth-order valence-electron chi connectivity index (χ4n) is 3.27. The van der Waals surface area contributed by atoms with Crippen molar-refractivity contribution in [3.05, 3.63) is 24.3 Å². The summed E-state index contributed by atoms with van der Waals surface area (Å²) in [5.74, 6) is -1.78. The Bertz CT molecular complexity index is 1080. The summed E-state index contributed by atoms with van der Waals surface area (Å²) in [5, 5.41) is 0. The topological polar surface area (TPSA) is 126 Å². The summed E-state index contributed by atoms with van der Waals surface area (Å²) in [7, 11) is -9.64. The predicted octanol–water partition coefficient (Wildman–Crippen LogP) is -0.193. The molecule has 0 unspecified atom stereocenters. The Hall–Kier alpha value is -1.50. The zero-order valence-corrected chi connectivity index (χ0v) is 17.2. The highest BCUT2D eigenvalue weighted by Crippen LogP contribution is 2.30. The van der Waals surface area contributed by atoms with Crippen LogP contribution in [0.2, 0.25) is 0 Å². The fourth-order valence-corrected chi connectivity index (χ4v) is 8.34. The number of carbonyl (C=O) groups excluding carboxylic acids is 1. The second-order valence-electron chi connectivity index (χ2n) is 6.85. The van der Waals surface area contributed by atoms with Gasteiger partial charge in [-0.3, -0.25) is 4.79 Å². The summed E-state index contributed by atoms with van der Waals surface area (Å²) < 4.78 is 74.7. The molecule has 12 heteroatoms. The van der Waals surface area contributed by atoms with E-state index in [2.05, 4.69) is 0 Å². The van der Waals surface area contributed by atoms with Crippen molar-refractivity contribution in [2.75, 3.05) is 28.6 Å². The molecule has 0 saturated carbocycles. The Morgan fingerprint density at radius 1 is 1.07 bits per heavy atom. The maximum atomic E-state index is 12.7. The minimum atomic E-state index is -3.95. The molecular formula is C15H20N2O7S3. The van der Waals surface area contributed by atoms with Gasteiger partial charge in [-0.2, -0.15) is 4.31 Å². The fraction of sp³-hybridized carbons (Fsp3) is 0.533. The van der Waals surface area contributed by atoms with Crippen LogP contribution in [0.15, 0.2) is 29.2 Å². The van der Waals surface area contributed by atoms with E-state index in [9.17, 15) is 30.0 Å². The number of nitrogens with zero attached hydrogens (tertiary/aromatic N) is 2. The average Bonchev–Trinajstić information content (AvgIpc) is 3.02. The molecule has 0 aliphatic carbocycles. The maximum absolute atomic E-state index is 12.7. The van der Waals surface area contributed by atoms with Gasteiger partial charge in [0.15, 0.2) is 9.84 Å². The van der Waals surface area contributed by atoms with Crippen molar-refractivity contribution >= 4 is 41.5 Å². The monoisotopic (exact) mass is 436 g/mol. The van der Waals surface area contributed by atoms with Gasteiger partial charge in [-0.1, -0.05) is 6.92 Å². The Morgan fingerprint density at radius 3 is 2.11 bits per heavy atom. The van der Waals surface area contributed by atoms with Crippen molar-refractivity contribution in [1.82, 2.24) is 4.31 Å². The summed E-state index contributed by atoms with van der Waals surface area (Å²) in [6.45, 7) is 1.52. The van der Waals surface area contributed by atoms with E-state index in [1.807, 2.05) is 0 Å². The highest BCUT2D eigenvalue weighted by molar-refractivity contribution is 7.94. The minimum Gasteiger partial charge on any atom is -0.273 e. The van der Waals surface area contributed by atoms with Crippen LogP contribution < -0.4 is 4.31 Å². The quantitative estimate of drug-likeness (QED) is 0.640. The predicted molar refractivity (Wildman–Crippen MR) is 98.9 cm³/mol. The van der Waals surface area contributed by atoms with E-state index in [0.717, 1.165) is 4.31 Å². The molecule has 27 heavy (non-hydrogen) atoms. The Kier molecular flexibility index (Phi) is 4.90. The van der Waals surface area contributed by atoms with Crippen LogP contribution in [0.3, 0.4) is 0 Å². The standard InChI is InChI=1S/C15H20N2O7S3/c1-11-9-26(21,22)17(15(11)18)12-3-5-14(6-4-12)27(23,24)16(2)13-7-8-25(19,20)10-13/h3-6,11,13H,7-10H2,1-2H3/t11-,13+/m1/s1. The molecule has 150 valence electrons. The molecule has 0 radical (unpaired) electrons. The maximum Gasteiger partial charge on any atom is 0.244 e. The number of hydrogen-bond acceptors (Lipinski definition) is 7. The van der Waals surface area contributed by atoms with Crippen LogP contribution >= 0.6 is 0 Å². The van der Waals surface area contributed by atoms with Crippen LogP contribution in [0.1, 0.15) is 13.3 Å². The van der Waals surface area contributed by atoms with Crippen LogP contribution in [-0.4, -0.2) is 65.8 Å². The molecule has 1 aromatic rings. The minimum absolute atomic E-state index is 0.0520. The van der Waals surface area contributed by atoms with Crippen molar-refractivity contribution in [2.24, 2.45) is 5.92 Å². The first-order chi connectivity index (χ1) is 12.3. The molecule has 2 aliphatic rings. The second-order valence-corrected chi connectivity index (χ2v) is 12.9. The van der Waals surface area contributed by atoms with Crippen LogP contribution in [0, 0.1) is 5.92 Å². The highest BCUT2D eigenvalue weighted by Gasteiger charge is 2.42. The number of anilines is 1. The van der Waals surface area contributed by atoms with E-state index in [-0.39, 0.29) is 34.3 Å². The molecule has 0 spiro atoms. The summed E-state index contributed by atoms with van der Waals surface area (Å²) in [4.78, 5) is 12.0. The number of sulfone groups is 1. The third kappa shape index (κ3) is 3.62. The van der Waals surface area contributed by atoms with Crippen molar-refractivity contribution in [2.45, 2.75) is 24.3 Å². The number of hydrogen-bond donors (Lipinski definition) is 0. The van der Waals surface area contributed by atoms with Gasteiger partial charge in [0.2, 0.25) is 26.0 Å². The number of sulfonamides is 2. The third-order valence-corrected chi connectivity index (χ3v) is 10.4. The first kappa shape index (κ1) is 20.2. The van der Waals surface area contributed by atoms with Gasteiger partial charge in [0.05, 0.1) is 33.8 Å². The highest BCUT2D eigenvalue weighted by atomic mass is 32.2. The van der Waals surface area contributed by atoms with Gasteiger partial charge in [-0.05, 0) is 30.7 Å². The Morgan fingerprint density at radius 2 is 1.67 bits per heavy atom. The smallest absolute Gasteiger partial charge is 0.244 e. The summed E-state index contributed by atoms with van der Waals surface area (Å²) in [5.41, 5.74) is 0.0781. The second kappa shape index (κ2) is 6.54. The van der Waals surface area contributed by atoms with Crippen molar-refractivity contribution < 1.29 is 30.0 Å². The molecule has 0 aromatic heterocycles. The van der Waals surface area contributed by atoms with Crippen LogP contribution in [0.5, 0.6) is 0 Å². The van der Waals surface area contributed by atoms with E-state index in [4.69, 9.17) is 0 Å². The Labute approximate surface area is 159 Å². The van der Waals surface area contributed by atoms with E-state index < -0.39 is 47.8 Å². The number of carbonyl (C=O) groups is 1. The van der Waals surface area contributed by atoms with Crippen molar-refractivity contribution in [3.63, 3.8) is 0 Å². The van der Waals surface area contributed by atoms with Crippen molar-refractivity contribution in [3.8, 4) is 0 Å². The molecular weight excluding hydrogens is 416 g/mol. The van der Waals surface area contributed by atoms with Gasteiger partial charge in [0.1, 0.15) is 0 Å². The van der Waals surface area contributed by atoms with E-state index in [0.29, 0.717) is 4.31 Å². The molecule has 2 aliphatic heterocycles. The van der Waals surface area contributed by atoms with E-state index >= 15 is 0 Å². The van der Waals surface area contributed by atoms with Gasteiger partial charge >= 0.3 is 0 Å². The van der Waals surface area contributed by atoms with Crippen LogP contribution in [-0.2, 0) is 34.7 Å². The first-order valence-electron chi connectivity index (χ1n) is 8.20. The van der Waals surface area contributed by atoms with Crippen molar-refractivity contribution in [1.29, 1.82) is 0 Å². The lowest BCUT2D eigenvalue weighted by Gasteiger charge is -2.23. The van der Waals surface area contributed by atoms with Gasteiger partial charge in [0.25, 0.3) is 0 Å². The van der Waals surface area contributed by atoms with Gasteiger partial charge in [0, 0.05) is 13.1 Å². The lowest BCUT2D eigenvalue weighted by molar-refractivity contribution is -0.119. The first-order valence-corrected chi connectivity index (χ1v) is 13.1. The molecule has 2 fully saturated rings. The van der Waals surface area contributed by atoms with E-state index in [1.54, 1.807) is 0 Å². The molecule has 2 atom stereocenters. The lowest BCUT2D eigenvalue weighted by Crippen LogP contribution is -2.37. The molecule has 2 saturated heterocycles. The van der Waals surface area contributed by atoms with Crippen LogP contribution in [0.4, 0.5) is 5.69 Å². The van der Waals surface area contributed by atoms with Crippen LogP contribution in [0.25, 0.3) is 0 Å². The molecule has 0 N–H and O–H groups in total. The summed E-state index contributed by atoms with van der Waals surface area (Å²) in [6.07, 6.45) is 0.231. The molecule has 1 aromatic carbocycles. The van der Waals surface area contributed by atoms with Gasteiger partial charge in [-0.15, -0.1) is 0 Å². The molecule has 9 nitrogen and oxygen atoms in total. The average molecular weight is 437 g/mol. The number of rotatable bonds is 4. The molecule has 3 rings (SSSR count). The molecule has 0 bridgehead atoms. The number of amides is 1. The Balaban J connectivity index is 1.88.